The number of anilines is 1. The lowest BCUT2D eigenvalue weighted by atomic mass is 10.0. The van der Waals surface area contributed by atoms with Crippen molar-refractivity contribution in [2.45, 2.75) is 26.8 Å². The van der Waals surface area contributed by atoms with Gasteiger partial charge in [-0.3, -0.25) is 4.57 Å². The second-order valence-corrected chi connectivity index (χ2v) is 6.01. The highest BCUT2D eigenvalue weighted by molar-refractivity contribution is 7.10. The molecular formula is C13H18N4O2S. The van der Waals surface area contributed by atoms with Gasteiger partial charge in [0.25, 0.3) is 0 Å². The average Bonchev–Trinajstić information content (AvgIpc) is 2.97. The van der Waals surface area contributed by atoms with E-state index in [0.29, 0.717) is 17.6 Å². The number of thiophene rings is 1. The smallest absolute Gasteiger partial charge is 0.358 e. The Morgan fingerprint density at radius 2 is 2.20 bits per heavy atom. The molecule has 2 aromatic rings. The lowest BCUT2D eigenvalue weighted by Gasteiger charge is -2.22. The van der Waals surface area contributed by atoms with Gasteiger partial charge in [0.1, 0.15) is 0 Å². The molecule has 0 amide bonds. The molecular weight excluding hydrogens is 276 g/mol. The van der Waals surface area contributed by atoms with Crippen LogP contribution in [0, 0.1) is 23.0 Å². The lowest BCUT2D eigenvalue weighted by molar-refractivity contribution is -0.388. The highest BCUT2D eigenvalue weighted by atomic mass is 32.1. The summed E-state index contributed by atoms with van der Waals surface area (Å²) in [5.74, 6) is 1.27. The van der Waals surface area contributed by atoms with E-state index in [1.807, 2.05) is 17.5 Å². The van der Waals surface area contributed by atoms with Crippen LogP contribution in [0.5, 0.6) is 0 Å². The topological polar surface area (TPSA) is 73.0 Å². The summed E-state index contributed by atoms with van der Waals surface area (Å²) in [7, 11) is 1.78. The van der Waals surface area contributed by atoms with Gasteiger partial charge in [-0.05, 0) is 27.3 Å². The van der Waals surface area contributed by atoms with Gasteiger partial charge in [0.05, 0.1) is 6.04 Å². The van der Waals surface area contributed by atoms with Gasteiger partial charge >= 0.3 is 5.82 Å². The van der Waals surface area contributed by atoms with E-state index in [1.54, 1.807) is 29.9 Å². The largest absolute Gasteiger partial charge is 0.406 e. The molecule has 0 saturated heterocycles. The Bertz CT molecular complexity index is 604. The van der Waals surface area contributed by atoms with Gasteiger partial charge in [-0.25, -0.2) is 0 Å². The number of nitro groups is 1. The standard InChI is InChI=1S/C13H18N4O2S/c1-8(2)11(10-6-5-7-20-10)15-12-13(17(18)19)14-9(3)16(12)4/h5-8,11,15H,1-4H3. The summed E-state index contributed by atoms with van der Waals surface area (Å²) in [6.07, 6.45) is 0. The van der Waals surface area contributed by atoms with Crippen LogP contribution in [0.2, 0.25) is 0 Å². The fraction of sp³-hybridized carbons (Fsp3) is 0.462. The van der Waals surface area contributed by atoms with Gasteiger partial charge in [-0.15, -0.1) is 11.3 Å². The Kier molecular flexibility index (Phi) is 4.08. The van der Waals surface area contributed by atoms with E-state index < -0.39 is 4.92 Å². The molecule has 1 N–H and O–H groups in total. The molecule has 7 heteroatoms. The first kappa shape index (κ1) is 14.5. The van der Waals surface area contributed by atoms with Gasteiger partial charge in [0, 0.05) is 18.8 Å². The van der Waals surface area contributed by atoms with Crippen LogP contribution in [0.4, 0.5) is 11.6 Å². The molecule has 0 aliphatic carbocycles. The first-order valence-corrected chi connectivity index (χ1v) is 7.27. The first-order chi connectivity index (χ1) is 9.41. The zero-order chi connectivity index (χ0) is 14.9. The Labute approximate surface area is 121 Å². The summed E-state index contributed by atoms with van der Waals surface area (Å²) in [5, 5.41) is 16.4. The van der Waals surface area contributed by atoms with E-state index in [9.17, 15) is 10.1 Å². The van der Waals surface area contributed by atoms with Gasteiger partial charge in [0.2, 0.25) is 11.6 Å². The fourth-order valence-corrected chi connectivity index (χ4v) is 3.01. The van der Waals surface area contributed by atoms with Crippen LogP contribution in [-0.2, 0) is 7.05 Å². The monoisotopic (exact) mass is 294 g/mol. The molecule has 0 fully saturated rings. The maximum atomic E-state index is 11.1. The van der Waals surface area contributed by atoms with Crippen LogP contribution in [-0.4, -0.2) is 14.5 Å². The van der Waals surface area contributed by atoms with E-state index in [0.717, 1.165) is 4.88 Å². The predicted molar refractivity (Wildman–Crippen MR) is 80.1 cm³/mol. The van der Waals surface area contributed by atoms with Crippen LogP contribution in [0.1, 0.15) is 30.6 Å². The summed E-state index contributed by atoms with van der Waals surface area (Å²) in [5.41, 5.74) is 0. The molecule has 1 unspecified atom stereocenters. The zero-order valence-corrected chi connectivity index (χ0v) is 12.8. The van der Waals surface area contributed by atoms with Crippen LogP contribution in [0.25, 0.3) is 0 Å². The number of aryl methyl sites for hydroxylation is 1. The maximum absolute atomic E-state index is 11.1. The van der Waals surface area contributed by atoms with Crippen molar-refractivity contribution >= 4 is 23.0 Å². The van der Waals surface area contributed by atoms with Crippen LogP contribution < -0.4 is 5.32 Å². The molecule has 0 saturated carbocycles. The number of hydrogen-bond acceptors (Lipinski definition) is 5. The zero-order valence-electron chi connectivity index (χ0n) is 12.0. The van der Waals surface area contributed by atoms with Gasteiger partial charge in [-0.2, -0.15) is 0 Å². The minimum atomic E-state index is -0.443. The summed E-state index contributed by atoms with van der Waals surface area (Å²) in [6, 6.07) is 4.06. The van der Waals surface area contributed by atoms with Crippen molar-refractivity contribution in [1.29, 1.82) is 0 Å². The van der Waals surface area contributed by atoms with Crippen molar-refractivity contribution in [3.8, 4) is 0 Å². The molecule has 20 heavy (non-hydrogen) atoms. The SMILES string of the molecule is Cc1nc([N+](=O)[O-])c(NC(c2cccs2)C(C)C)n1C. The molecule has 6 nitrogen and oxygen atoms in total. The Morgan fingerprint density at radius 3 is 2.70 bits per heavy atom. The van der Waals surface area contributed by atoms with Crippen molar-refractivity contribution in [1.82, 2.24) is 9.55 Å². The van der Waals surface area contributed by atoms with E-state index in [-0.39, 0.29) is 11.9 Å². The highest BCUT2D eigenvalue weighted by Gasteiger charge is 2.27. The van der Waals surface area contributed by atoms with Crippen molar-refractivity contribution in [3.05, 3.63) is 38.3 Å². The molecule has 2 heterocycles. The summed E-state index contributed by atoms with van der Waals surface area (Å²) in [4.78, 5) is 15.8. The van der Waals surface area contributed by atoms with E-state index >= 15 is 0 Å². The van der Waals surface area contributed by atoms with Crippen LogP contribution in [0.15, 0.2) is 17.5 Å². The quantitative estimate of drug-likeness (QED) is 0.676. The van der Waals surface area contributed by atoms with Crippen molar-refractivity contribution in [3.63, 3.8) is 0 Å². The molecule has 0 radical (unpaired) electrons. The number of nitrogens with zero attached hydrogens (tertiary/aromatic N) is 3. The molecule has 0 spiro atoms. The Morgan fingerprint density at radius 1 is 1.50 bits per heavy atom. The Balaban J connectivity index is 2.39. The van der Waals surface area contributed by atoms with Crippen molar-refractivity contribution in [2.75, 3.05) is 5.32 Å². The van der Waals surface area contributed by atoms with Gasteiger partial charge in [0.15, 0.2) is 0 Å². The van der Waals surface area contributed by atoms with Crippen molar-refractivity contribution < 1.29 is 4.92 Å². The van der Waals surface area contributed by atoms with E-state index in [1.165, 1.54) is 0 Å². The second-order valence-electron chi connectivity index (χ2n) is 5.03. The van der Waals surface area contributed by atoms with Gasteiger partial charge < -0.3 is 15.4 Å². The van der Waals surface area contributed by atoms with Gasteiger partial charge in [-0.1, -0.05) is 19.9 Å². The number of aromatic nitrogens is 2. The normalized spacial score (nSPS) is 12.7. The van der Waals surface area contributed by atoms with Crippen molar-refractivity contribution in [2.24, 2.45) is 13.0 Å². The minimum absolute atomic E-state index is 0.0310. The highest BCUT2D eigenvalue weighted by Crippen LogP contribution is 2.33. The molecule has 0 bridgehead atoms. The third kappa shape index (κ3) is 2.67. The Hall–Kier alpha value is -1.89. The molecule has 0 aliphatic heterocycles. The predicted octanol–water partition coefficient (Wildman–Crippen LogP) is 3.51. The minimum Gasteiger partial charge on any atom is -0.358 e. The third-order valence-corrected chi connectivity index (χ3v) is 4.24. The van der Waals surface area contributed by atoms with E-state index in [2.05, 4.69) is 24.1 Å². The maximum Gasteiger partial charge on any atom is 0.406 e. The molecule has 2 rings (SSSR count). The number of imidazole rings is 1. The summed E-state index contributed by atoms with van der Waals surface area (Å²) in [6.45, 7) is 5.94. The summed E-state index contributed by atoms with van der Waals surface area (Å²) >= 11 is 1.64. The average molecular weight is 294 g/mol. The third-order valence-electron chi connectivity index (χ3n) is 3.28. The fourth-order valence-electron chi connectivity index (χ4n) is 2.06. The lowest BCUT2D eigenvalue weighted by Crippen LogP contribution is -2.18. The van der Waals surface area contributed by atoms with Crippen LogP contribution >= 0.6 is 11.3 Å². The molecule has 2 aromatic heterocycles. The number of hydrogen-bond donors (Lipinski definition) is 1. The summed E-state index contributed by atoms with van der Waals surface area (Å²) < 4.78 is 1.72. The number of nitrogens with one attached hydrogen (secondary N) is 1. The number of rotatable bonds is 5. The molecule has 0 aliphatic rings. The molecule has 1 atom stereocenters. The van der Waals surface area contributed by atoms with E-state index in [4.69, 9.17) is 0 Å². The first-order valence-electron chi connectivity index (χ1n) is 6.39. The second kappa shape index (κ2) is 5.62. The molecule has 0 aromatic carbocycles. The van der Waals surface area contributed by atoms with Crippen LogP contribution in [0.3, 0.4) is 0 Å². The molecule has 108 valence electrons.